The van der Waals surface area contributed by atoms with Crippen LogP contribution >= 0.6 is 0 Å². The zero-order valence-electron chi connectivity index (χ0n) is 27.2. The van der Waals surface area contributed by atoms with Gasteiger partial charge in [0.1, 0.15) is 17.8 Å². The Labute approximate surface area is 264 Å². The Kier molecular flexibility index (Phi) is 13.8. The number of hydrogen-bond donors (Lipinski definition) is 1. The number of esters is 1. The molecule has 0 aromatic heterocycles. The van der Waals surface area contributed by atoms with Gasteiger partial charge in [-0.05, 0) is 41.7 Å². The molecule has 3 atom stereocenters. The Bertz CT molecular complexity index is 1230. The zero-order chi connectivity index (χ0) is 32.1. The molecule has 0 amide bonds. The summed E-state index contributed by atoms with van der Waals surface area (Å²) in [4.78, 5) is 13.0. The number of rotatable bonds is 18. The fourth-order valence-corrected chi connectivity index (χ4v) is 5.51. The monoisotopic (exact) mass is 622 g/mol. The van der Waals surface area contributed by atoms with Gasteiger partial charge < -0.3 is 28.5 Å². The third kappa shape index (κ3) is 11.3. The van der Waals surface area contributed by atoms with E-state index in [1.54, 1.807) is 6.92 Å². The molecule has 3 rings (SSSR count). The summed E-state index contributed by atoms with van der Waals surface area (Å²) in [5.74, 6) is -0.543. The molecule has 0 spiro atoms. The SMILES string of the molecule is CCOC(=O)CC(O)(COCc1ccccc1)[C@@H](OCc1ccccc1)[C@@H](CO[Si](C)(C)C(C)(C)C)OCc1ccccc1. The summed E-state index contributed by atoms with van der Waals surface area (Å²) in [6.45, 7) is 13.5. The van der Waals surface area contributed by atoms with Crippen LogP contribution in [-0.2, 0) is 48.0 Å². The molecule has 0 aliphatic heterocycles. The lowest BCUT2D eigenvalue weighted by Crippen LogP contribution is -2.57. The molecule has 0 aliphatic carbocycles. The van der Waals surface area contributed by atoms with Crippen LogP contribution in [0.25, 0.3) is 0 Å². The third-order valence-corrected chi connectivity index (χ3v) is 12.6. The maximum Gasteiger partial charge on any atom is 0.308 e. The predicted molar refractivity (Wildman–Crippen MR) is 175 cm³/mol. The standard InChI is InChI=1S/C36H50O7Si/c1-7-40-33(37)23-36(38,28-39-24-29-17-11-8-12-18-29)34(42-26-31-21-15-10-16-22-31)32(27-43-44(5,6)35(2,3)4)41-25-30-19-13-9-14-20-30/h8-22,32,34,38H,7,23-28H2,1-6H3/t32-,34+,36?/m1/s1. The van der Waals surface area contributed by atoms with E-state index in [4.69, 9.17) is 23.4 Å². The molecule has 0 bridgehead atoms. The van der Waals surface area contributed by atoms with E-state index in [9.17, 15) is 9.90 Å². The summed E-state index contributed by atoms with van der Waals surface area (Å²) >= 11 is 0. The largest absolute Gasteiger partial charge is 0.466 e. The number of hydrogen-bond acceptors (Lipinski definition) is 7. The van der Waals surface area contributed by atoms with Crippen molar-refractivity contribution in [2.45, 2.75) is 89.9 Å². The molecule has 1 unspecified atom stereocenters. The van der Waals surface area contributed by atoms with E-state index in [1.165, 1.54) is 0 Å². The summed E-state index contributed by atoms with van der Waals surface area (Å²) in [7, 11) is -2.22. The second-order valence-corrected chi connectivity index (χ2v) is 17.5. The van der Waals surface area contributed by atoms with Gasteiger partial charge in [-0.25, -0.2) is 0 Å². The van der Waals surface area contributed by atoms with Gasteiger partial charge in [-0.2, -0.15) is 0 Å². The van der Waals surface area contributed by atoms with Gasteiger partial charge in [-0.15, -0.1) is 0 Å². The van der Waals surface area contributed by atoms with Crippen molar-refractivity contribution in [1.82, 2.24) is 0 Å². The molecule has 44 heavy (non-hydrogen) atoms. The molecule has 8 heteroatoms. The third-order valence-electron chi connectivity index (χ3n) is 8.08. The van der Waals surface area contributed by atoms with Crippen molar-refractivity contribution in [2.24, 2.45) is 0 Å². The van der Waals surface area contributed by atoms with Gasteiger partial charge >= 0.3 is 5.97 Å². The minimum atomic E-state index is -2.22. The molecule has 0 saturated heterocycles. The molecule has 240 valence electrons. The number of benzene rings is 3. The first-order valence-corrected chi connectivity index (χ1v) is 18.3. The van der Waals surface area contributed by atoms with Gasteiger partial charge in [0.2, 0.25) is 0 Å². The van der Waals surface area contributed by atoms with Gasteiger partial charge in [0, 0.05) is 0 Å². The summed E-state index contributed by atoms with van der Waals surface area (Å²) in [6.07, 6.45) is -2.05. The van der Waals surface area contributed by atoms with E-state index in [0.717, 1.165) is 16.7 Å². The first kappa shape index (κ1) is 35.6. The van der Waals surface area contributed by atoms with Crippen LogP contribution in [-0.4, -0.2) is 57.0 Å². The van der Waals surface area contributed by atoms with Crippen molar-refractivity contribution < 1.29 is 33.3 Å². The molecule has 3 aromatic carbocycles. The smallest absolute Gasteiger partial charge is 0.308 e. The zero-order valence-corrected chi connectivity index (χ0v) is 28.2. The van der Waals surface area contributed by atoms with Crippen LogP contribution in [0.15, 0.2) is 91.0 Å². The number of carbonyl (C=O) groups is 1. The van der Waals surface area contributed by atoms with Crippen molar-refractivity contribution >= 4 is 14.3 Å². The highest BCUT2D eigenvalue weighted by Gasteiger charge is 2.47. The molecule has 0 radical (unpaired) electrons. The first-order chi connectivity index (χ1) is 20.9. The summed E-state index contributed by atoms with van der Waals surface area (Å²) in [5.41, 5.74) is 1.06. The molecule has 3 aromatic rings. The second-order valence-electron chi connectivity index (χ2n) is 12.7. The number of carbonyl (C=O) groups excluding carboxylic acids is 1. The molecular formula is C36H50O7Si. The van der Waals surface area contributed by atoms with Crippen LogP contribution in [0.1, 0.15) is 50.8 Å². The Balaban J connectivity index is 1.99. The second kappa shape index (κ2) is 17.0. The molecule has 0 fully saturated rings. The highest BCUT2D eigenvalue weighted by atomic mass is 28.4. The van der Waals surface area contributed by atoms with E-state index in [-0.39, 0.29) is 51.1 Å². The summed E-state index contributed by atoms with van der Waals surface area (Å²) < 4.78 is 31.1. The molecule has 0 saturated carbocycles. The van der Waals surface area contributed by atoms with E-state index >= 15 is 0 Å². The van der Waals surface area contributed by atoms with Crippen LogP contribution in [0.3, 0.4) is 0 Å². The topological polar surface area (TPSA) is 83.5 Å². The van der Waals surface area contributed by atoms with Crippen LogP contribution < -0.4 is 0 Å². The van der Waals surface area contributed by atoms with Gasteiger partial charge in [0.25, 0.3) is 0 Å². The Morgan fingerprint density at radius 2 is 1.25 bits per heavy atom. The lowest BCUT2D eigenvalue weighted by Gasteiger charge is -2.42. The quantitative estimate of drug-likeness (QED) is 0.120. The minimum absolute atomic E-state index is 0.0442. The lowest BCUT2D eigenvalue weighted by molar-refractivity contribution is -0.209. The Morgan fingerprint density at radius 1 is 0.773 bits per heavy atom. The summed E-state index contributed by atoms with van der Waals surface area (Å²) in [5, 5.41) is 12.4. The number of aliphatic hydroxyl groups is 1. The molecular weight excluding hydrogens is 572 g/mol. The van der Waals surface area contributed by atoms with E-state index in [1.807, 2.05) is 91.0 Å². The fraction of sp³-hybridized carbons (Fsp3) is 0.472. The average molecular weight is 623 g/mol. The van der Waals surface area contributed by atoms with Gasteiger partial charge in [0.15, 0.2) is 8.32 Å². The van der Waals surface area contributed by atoms with E-state index < -0.39 is 32.1 Å². The van der Waals surface area contributed by atoms with Crippen molar-refractivity contribution in [2.75, 3.05) is 19.8 Å². The summed E-state index contributed by atoms with van der Waals surface area (Å²) in [6, 6.07) is 29.3. The fourth-order valence-electron chi connectivity index (χ4n) is 4.49. The molecule has 1 N–H and O–H groups in total. The maximum absolute atomic E-state index is 13.0. The van der Waals surface area contributed by atoms with Crippen molar-refractivity contribution in [3.05, 3.63) is 108 Å². The molecule has 7 nitrogen and oxygen atoms in total. The van der Waals surface area contributed by atoms with Crippen LogP contribution in [0.5, 0.6) is 0 Å². The lowest BCUT2D eigenvalue weighted by atomic mass is 9.89. The van der Waals surface area contributed by atoms with Crippen molar-refractivity contribution in [1.29, 1.82) is 0 Å². The molecule has 0 aliphatic rings. The van der Waals surface area contributed by atoms with Crippen LogP contribution in [0.4, 0.5) is 0 Å². The number of ether oxygens (including phenoxy) is 4. The van der Waals surface area contributed by atoms with Gasteiger partial charge in [-0.1, -0.05) is 112 Å². The first-order valence-electron chi connectivity index (χ1n) is 15.4. The maximum atomic E-state index is 13.0. The highest BCUT2D eigenvalue weighted by molar-refractivity contribution is 6.74. The van der Waals surface area contributed by atoms with Gasteiger partial charge in [-0.3, -0.25) is 4.79 Å². The van der Waals surface area contributed by atoms with Crippen LogP contribution in [0, 0.1) is 0 Å². The van der Waals surface area contributed by atoms with Crippen LogP contribution in [0.2, 0.25) is 18.1 Å². The van der Waals surface area contributed by atoms with Crippen molar-refractivity contribution in [3.63, 3.8) is 0 Å². The minimum Gasteiger partial charge on any atom is -0.466 e. The Hall–Kier alpha value is -2.85. The normalized spacial score (nSPS) is 14.9. The van der Waals surface area contributed by atoms with Crippen molar-refractivity contribution in [3.8, 4) is 0 Å². The molecule has 0 heterocycles. The van der Waals surface area contributed by atoms with E-state index in [0.29, 0.717) is 0 Å². The predicted octanol–water partition coefficient (Wildman–Crippen LogP) is 7.08. The Morgan fingerprint density at radius 3 is 1.73 bits per heavy atom. The average Bonchev–Trinajstić information content (AvgIpc) is 2.99. The van der Waals surface area contributed by atoms with Gasteiger partial charge in [0.05, 0.1) is 46.1 Å². The highest BCUT2D eigenvalue weighted by Crippen LogP contribution is 2.37. The van der Waals surface area contributed by atoms with E-state index in [2.05, 4.69) is 33.9 Å².